The number of hydrogen-bond acceptors (Lipinski definition) is 4. The van der Waals surface area contributed by atoms with Gasteiger partial charge in [0.1, 0.15) is 18.1 Å². The third-order valence-corrected chi connectivity index (χ3v) is 5.33. The first kappa shape index (κ1) is 20.8. The Balaban J connectivity index is 1.54. The van der Waals surface area contributed by atoms with Crippen LogP contribution in [-0.2, 0) is 13.7 Å². The second-order valence-electron chi connectivity index (χ2n) is 8.82. The zero-order chi connectivity index (χ0) is 21.8. The van der Waals surface area contributed by atoms with Gasteiger partial charge in [-0.3, -0.25) is 4.98 Å². The molecule has 0 saturated carbocycles. The van der Waals surface area contributed by atoms with Gasteiger partial charge in [-0.1, -0.05) is 63.2 Å². The molecule has 0 radical (unpaired) electrons. The molecule has 0 saturated heterocycles. The van der Waals surface area contributed by atoms with Crippen LogP contribution in [0.3, 0.4) is 0 Å². The molecule has 1 atom stereocenters. The van der Waals surface area contributed by atoms with E-state index >= 15 is 0 Å². The minimum absolute atomic E-state index is 0.0599. The number of benzene rings is 2. The van der Waals surface area contributed by atoms with Crippen molar-refractivity contribution in [3.05, 3.63) is 95.9 Å². The van der Waals surface area contributed by atoms with Crippen LogP contribution in [0.4, 0.5) is 0 Å². The van der Waals surface area contributed by atoms with Gasteiger partial charge in [-0.05, 0) is 40.8 Å². The van der Waals surface area contributed by atoms with Gasteiger partial charge >= 0.3 is 0 Å². The minimum atomic E-state index is 0.0599. The number of pyridine rings is 1. The van der Waals surface area contributed by atoms with E-state index in [4.69, 9.17) is 4.74 Å². The molecule has 2 aromatic heterocycles. The van der Waals surface area contributed by atoms with Crippen LogP contribution in [0.15, 0.2) is 79.1 Å². The van der Waals surface area contributed by atoms with E-state index in [-0.39, 0.29) is 11.3 Å². The molecule has 0 aliphatic carbocycles. The van der Waals surface area contributed by atoms with Crippen LogP contribution >= 0.6 is 0 Å². The van der Waals surface area contributed by atoms with Gasteiger partial charge in [-0.2, -0.15) is 15.0 Å². The molecule has 31 heavy (non-hydrogen) atoms. The first-order valence-electron chi connectivity index (χ1n) is 10.5. The molecule has 2 aromatic carbocycles. The maximum atomic E-state index is 5.91. The number of ether oxygens (including phenoxy) is 1. The van der Waals surface area contributed by atoms with Crippen LogP contribution in [0.5, 0.6) is 5.75 Å². The smallest absolute Gasteiger partial charge is 0.130 e. The van der Waals surface area contributed by atoms with Crippen LogP contribution in [0, 0.1) is 5.41 Å². The first-order valence-corrected chi connectivity index (χ1v) is 10.5. The Bertz CT molecular complexity index is 1110. The highest BCUT2D eigenvalue weighted by Gasteiger charge is 2.28. The summed E-state index contributed by atoms with van der Waals surface area (Å²) in [7, 11) is 1.83. The van der Waals surface area contributed by atoms with Crippen LogP contribution in [0.25, 0.3) is 11.3 Å². The number of nitrogens with zero attached hydrogens (tertiary/aromatic N) is 4. The van der Waals surface area contributed by atoms with Crippen molar-refractivity contribution in [1.82, 2.24) is 20.0 Å². The van der Waals surface area contributed by atoms with Crippen molar-refractivity contribution in [3.8, 4) is 17.0 Å². The molecule has 4 aromatic rings. The summed E-state index contributed by atoms with van der Waals surface area (Å²) in [4.78, 5) is 5.89. The van der Waals surface area contributed by atoms with E-state index in [1.165, 1.54) is 11.1 Å². The normalized spacial score (nSPS) is 12.5. The SMILES string of the molecule is Cn1ncc(-c2ccc(C(c3ccc(OCc4ccccn4)cc3)C(C)(C)C)cc2)n1. The van der Waals surface area contributed by atoms with Gasteiger partial charge in [0.2, 0.25) is 0 Å². The van der Waals surface area contributed by atoms with Crippen molar-refractivity contribution in [2.75, 3.05) is 0 Å². The number of hydrogen-bond donors (Lipinski definition) is 0. The fourth-order valence-corrected chi connectivity index (χ4v) is 3.91. The summed E-state index contributed by atoms with van der Waals surface area (Å²) in [5, 5.41) is 8.57. The third-order valence-electron chi connectivity index (χ3n) is 5.33. The first-order chi connectivity index (χ1) is 14.9. The molecule has 0 fully saturated rings. The summed E-state index contributed by atoms with van der Waals surface area (Å²) in [5.41, 5.74) is 5.48. The van der Waals surface area contributed by atoms with E-state index in [0.717, 1.165) is 22.7 Å². The Morgan fingerprint density at radius 3 is 2.13 bits per heavy atom. The molecule has 1 unspecified atom stereocenters. The fraction of sp³-hybridized carbons (Fsp3) is 0.269. The fourth-order valence-electron chi connectivity index (χ4n) is 3.91. The molecular weight excluding hydrogens is 384 g/mol. The molecule has 4 rings (SSSR count). The summed E-state index contributed by atoms with van der Waals surface area (Å²) in [6.45, 7) is 7.30. The lowest BCUT2D eigenvalue weighted by Crippen LogP contribution is -2.19. The average Bonchev–Trinajstić information content (AvgIpc) is 3.20. The van der Waals surface area contributed by atoms with Gasteiger partial charge in [-0.15, -0.1) is 0 Å². The minimum Gasteiger partial charge on any atom is -0.487 e. The Morgan fingerprint density at radius 1 is 0.903 bits per heavy atom. The van der Waals surface area contributed by atoms with Crippen LogP contribution in [-0.4, -0.2) is 20.0 Å². The number of aryl methyl sites for hydroxylation is 1. The van der Waals surface area contributed by atoms with Gasteiger partial charge in [0.15, 0.2) is 0 Å². The second-order valence-corrected chi connectivity index (χ2v) is 8.82. The van der Waals surface area contributed by atoms with Gasteiger partial charge in [0, 0.05) is 24.7 Å². The zero-order valence-corrected chi connectivity index (χ0v) is 18.5. The topological polar surface area (TPSA) is 52.8 Å². The monoisotopic (exact) mass is 412 g/mol. The van der Waals surface area contributed by atoms with Crippen molar-refractivity contribution in [2.45, 2.75) is 33.3 Å². The molecule has 2 heterocycles. The lowest BCUT2D eigenvalue weighted by molar-refractivity contribution is 0.301. The molecule has 0 aliphatic rings. The summed E-state index contributed by atoms with van der Waals surface area (Å²) in [6.07, 6.45) is 3.57. The van der Waals surface area contributed by atoms with Crippen molar-refractivity contribution < 1.29 is 4.74 Å². The number of aromatic nitrogens is 4. The Labute approximate surface area is 183 Å². The maximum absolute atomic E-state index is 5.91. The van der Waals surface area contributed by atoms with Crippen LogP contribution < -0.4 is 4.74 Å². The van der Waals surface area contributed by atoms with Crippen molar-refractivity contribution in [3.63, 3.8) is 0 Å². The van der Waals surface area contributed by atoms with Gasteiger partial charge < -0.3 is 4.74 Å². The highest BCUT2D eigenvalue weighted by Crippen LogP contribution is 2.41. The molecule has 158 valence electrons. The lowest BCUT2D eigenvalue weighted by Gasteiger charge is -2.32. The second kappa shape index (κ2) is 8.72. The molecule has 5 heteroatoms. The van der Waals surface area contributed by atoms with Crippen molar-refractivity contribution in [2.24, 2.45) is 12.5 Å². The Hall–Kier alpha value is -3.47. The van der Waals surface area contributed by atoms with E-state index in [1.807, 2.05) is 37.4 Å². The number of rotatable bonds is 6. The largest absolute Gasteiger partial charge is 0.487 e. The highest BCUT2D eigenvalue weighted by molar-refractivity contribution is 5.58. The van der Waals surface area contributed by atoms with Crippen molar-refractivity contribution >= 4 is 0 Å². The quantitative estimate of drug-likeness (QED) is 0.412. The highest BCUT2D eigenvalue weighted by atomic mass is 16.5. The van der Waals surface area contributed by atoms with E-state index < -0.39 is 0 Å². The zero-order valence-electron chi connectivity index (χ0n) is 18.5. The molecule has 0 aliphatic heterocycles. The van der Waals surface area contributed by atoms with E-state index in [1.54, 1.807) is 17.2 Å². The van der Waals surface area contributed by atoms with Crippen LogP contribution in [0.2, 0.25) is 0 Å². The predicted molar refractivity (Wildman–Crippen MR) is 123 cm³/mol. The van der Waals surface area contributed by atoms with Gasteiger partial charge in [0.05, 0.1) is 11.9 Å². The summed E-state index contributed by atoms with van der Waals surface area (Å²) >= 11 is 0. The third kappa shape index (κ3) is 5.00. The van der Waals surface area contributed by atoms with E-state index in [0.29, 0.717) is 6.61 Å². The summed E-state index contributed by atoms with van der Waals surface area (Å²) in [6, 6.07) is 22.9. The molecule has 0 bridgehead atoms. The van der Waals surface area contributed by atoms with Crippen LogP contribution in [0.1, 0.15) is 43.5 Å². The Morgan fingerprint density at radius 2 is 1.58 bits per heavy atom. The lowest BCUT2D eigenvalue weighted by atomic mass is 9.72. The van der Waals surface area contributed by atoms with E-state index in [9.17, 15) is 0 Å². The molecule has 5 nitrogen and oxygen atoms in total. The van der Waals surface area contributed by atoms with Gasteiger partial charge in [0.25, 0.3) is 0 Å². The molecular formula is C26H28N4O. The van der Waals surface area contributed by atoms with E-state index in [2.05, 4.69) is 72.4 Å². The summed E-state index contributed by atoms with van der Waals surface area (Å²) < 4.78 is 5.91. The maximum Gasteiger partial charge on any atom is 0.130 e. The molecule has 0 N–H and O–H groups in total. The van der Waals surface area contributed by atoms with Gasteiger partial charge in [-0.25, -0.2) is 0 Å². The van der Waals surface area contributed by atoms with Crippen molar-refractivity contribution in [1.29, 1.82) is 0 Å². The average molecular weight is 413 g/mol. The summed E-state index contributed by atoms with van der Waals surface area (Å²) in [5.74, 6) is 1.10. The Kier molecular flexibility index (Phi) is 5.85. The molecule has 0 spiro atoms. The predicted octanol–water partition coefficient (Wildman–Crippen LogP) is 5.63. The molecule has 0 amide bonds. The standard InChI is InChI=1S/C26H28N4O/c1-26(2,3)25(20-10-8-19(9-11-20)24-17-28-30(4)29-24)21-12-14-23(15-13-21)31-18-22-7-5-6-16-27-22/h5-17,25H,18H2,1-4H3.